The van der Waals surface area contributed by atoms with Crippen molar-refractivity contribution in [2.75, 3.05) is 6.61 Å². The highest BCUT2D eigenvalue weighted by Gasteiger charge is 2.34. The molecular weight excluding hydrogens is 298 g/mol. The molecule has 0 bridgehead atoms. The van der Waals surface area contributed by atoms with Crippen molar-refractivity contribution in [2.24, 2.45) is 0 Å². The van der Waals surface area contributed by atoms with Gasteiger partial charge in [-0.15, -0.1) is 0 Å². The molecule has 6 heteroatoms. The van der Waals surface area contributed by atoms with E-state index < -0.39 is 0 Å². The summed E-state index contributed by atoms with van der Waals surface area (Å²) in [5.41, 5.74) is 3.96. The van der Waals surface area contributed by atoms with Crippen molar-refractivity contribution < 1.29 is 9.53 Å². The number of carbonyl (C=O) groups excluding carboxylic acids is 1. The van der Waals surface area contributed by atoms with Crippen LogP contribution in [0.25, 0.3) is 22.2 Å². The van der Waals surface area contributed by atoms with Gasteiger partial charge < -0.3 is 4.74 Å². The predicted molar refractivity (Wildman–Crippen MR) is 85.1 cm³/mol. The van der Waals surface area contributed by atoms with Gasteiger partial charge >= 0.3 is 5.97 Å². The zero-order valence-electron chi connectivity index (χ0n) is 12.1. The summed E-state index contributed by atoms with van der Waals surface area (Å²) >= 11 is 1.24. The maximum atomic E-state index is 12.2. The number of fused-ring (bicyclic) bond motifs is 1. The number of carbonyl (C=O) groups is 1. The van der Waals surface area contributed by atoms with Crippen molar-refractivity contribution in [2.45, 2.75) is 25.7 Å². The molecule has 1 fully saturated rings. The maximum Gasteiger partial charge on any atom is 0.350 e. The van der Waals surface area contributed by atoms with Crippen molar-refractivity contribution in [1.82, 2.24) is 14.6 Å². The third-order valence-electron chi connectivity index (χ3n) is 3.91. The molecule has 4 rings (SSSR count). The monoisotopic (exact) mass is 313 g/mol. The number of hydrogen-bond acceptors (Lipinski definition) is 5. The van der Waals surface area contributed by atoms with E-state index in [0.29, 0.717) is 17.4 Å². The fourth-order valence-electron chi connectivity index (χ4n) is 2.76. The van der Waals surface area contributed by atoms with Crippen molar-refractivity contribution in [3.8, 4) is 11.3 Å². The highest BCUT2D eigenvalue weighted by molar-refractivity contribution is 7.08. The van der Waals surface area contributed by atoms with Crippen LogP contribution in [0.3, 0.4) is 0 Å². The molecular formula is C16H15N3O2S. The average molecular weight is 313 g/mol. The minimum atomic E-state index is -0.257. The summed E-state index contributed by atoms with van der Waals surface area (Å²) in [7, 11) is 0. The molecule has 0 amide bonds. The van der Waals surface area contributed by atoms with E-state index in [0.717, 1.165) is 40.6 Å². The zero-order chi connectivity index (χ0) is 15.1. The molecule has 112 valence electrons. The summed E-state index contributed by atoms with van der Waals surface area (Å²) in [6, 6.07) is 6.00. The molecule has 2 aromatic heterocycles. The largest absolute Gasteiger partial charge is 0.462 e. The SMILES string of the molecule is CCOC(=O)c1snc(-c2cccc3[nH]ncc23)c1C1CC1. The lowest BCUT2D eigenvalue weighted by Crippen LogP contribution is -2.05. The van der Waals surface area contributed by atoms with Gasteiger partial charge in [-0.2, -0.15) is 9.47 Å². The number of hydrogen-bond donors (Lipinski definition) is 1. The van der Waals surface area contributed by atoms with Crippen LogP contribution in [0.5, 0.6) is 0 Å². The molecule has 3 aromatic rings. The Kier molecular flexibility index (Phi) is 3.18. The lowest BCUT2D eigenvalue weighted by Gasteiger charge is -2.05. The second-order valence-corrected chi connectivity index (χ2v) is 6.18. The summed E-state index contributed by atoms with van der Waals surface area (Å²) in [5.74, 6) is 0.169. The highest BCUT2D eigenvalue weighted by Crippen LogP contribution is 2.48. The quantitative estimate of drug-likeness (QED) is 0.745. The Bertz CT molecular complexity index is 848. The fourth-order valence-corrected chi connectivity index (χ4v) is 3.64. The first-order valence-electron chi connectivity index (χ1n) is 7.38. The number of esters is 1. The van der Waals surface area contributed by atoms with Gasteiger partial charge in [-0.25, -0.2) is 4.79 Å². The topological polar surface area (TPSA) is 67.9 Å². The third kappa shape index (κ3) is 2.11. The first-order chi connectivity index (χ1) is 10.8. The van der Waals surface area contributed by atoms with Crippen LogP contribution in [0.2, 0.25) is 0 Å². The number of benzene rings is 1. The van der Waals surface area contributed by atoms with Gasteiger partial charge in [-0.05, 0) is 43.3 Å². The molecule has 0 radical (unpaired) electrons. The van der Waals surface area contributed by atoms with Crippen molar-refractivity contribution >= 4 is 28.4 Å². The van der Waals surface area contributed by atoms with Crippen LogP contribution in [0.4, 0.5) is 0 Å². The standard InChI is InChI=1S/C16H15N3O2S/c1-2-21-16(20)15-13(9-6-7-9)14(19-22-15)10-4-3-5-12-11(10)8-17-18-12/h3-5,8-9H,2,6-7H2,1H3,(H,17,18). The van der Waals surface area contributed by atoms with E-state index in [1.807, 2.05) is 31.3 Å². The van der Waals surface area contributed by atoms with E-state index in [1.165, 1.54) is 11.5 Å². The second-order valence-electron chi connectivity index (χ2n) is 5.41. The molecule has 1 aromatic carbocycles. The first kappa shape index (κ1) is 13.5. The van der Waals surface area contributed by atoms with Gasteiger partial charge in [0.25, 0.3) is 0 Å². The van der Waals surface area contributed by atoms with E-state index in [-0.39, 0.29) is 5.97 Å². The second kappa shape index (κ2) is 5.21. The lowest BCUT2D eigenvalue weighted by molar-refractivity contribution is 0.0531. The number of ether oxygens (including phenoxy) is 1. The summed E-state index contributed by atoms with van der Waals surface area (Å²) < 4.78 is 9.76. The summed E-state index contributed by atoms with van der Waals surface area (Å²) in [6.45, 7) is 2.20. The van der Waals surface area contributed by atoms with Crippen molar-refractivity contribution in [3.63, 3.8) is 0 Å². The Morgan fingerprint density at radius 1 is 1.45 bits per heavy atom. The molecule has 5 nitrogen and oxygen atoms in total. The van der Waals surface area contributed by atoms with Gasteiger partial charge in [0, 0.05) is 16.5 Å². The predicted octanol–water partition coefficient (Wildman–Crippen LogP) is 3.74. The van der Waals surface area contributed by atoms with E-state index >= 15 is 0 Å². The Hall–Kier alpha value is -2.21. The summed E-state index contributed by atoms with van der Waals surface area (Å²) in [6.07, 6.45) is 4.03. The van der Waals surface area contributed by atoms with E-state index in [4.69, 9.17) is 4.74 Å². The molecule has 0 saturated heterocycles. The van der Waals surface area contributed by atoms with Crippen LogP contribution in [-0.4, -0.2) is 27.1 Å². The number of aromatic nitrogens is 3. The summed E-state index contributed by atoms with van der Waals surface area (Å²) in [4.78, 5) is 12.8. The van der Waals surface area contributed by atoms with Gasteiger partial charge in [0.05, 0.1) is 24.0 Å². The fraction of sp³-hybridized carbons (Fsp3) is 0.312. The molecule has 0 spiro atoms. The molecule has 1 saturated carbocycles. The average Bonchev–Trinajstić information content (AvgIpc) is 3.09. The molecule has 2 heterocycles. The molecule has 1 aliphatic rings. The first-order valence-corrected chi connectivity index (χ1v) is 8.16. The number of nitrogens with one attached hydrogen (secondary N) is 1. The Morgan fingerprint density at radius 2 is 2.32 bits per heavy atom. The number of H-pyrrole nitrogens is 1. The number of nitrogens with zero attached hydrogens (tertiary/aromatic N) is 2. The van der Waals surface area contributed by atoms with E-state index in [1.54, 1.807) is 0 Å². The number of aromatic amines is 1. The molecule has 0 unspecified atom stereocenters. The Morgan fingerprint density at radius 3 is 3.09 bits per heavy atom. The van der Waals surface area contributed by atoms with Gasteiger partial charge in [0.1, 0.15) is 4.88 Å². The third-order valence-corrected chi connectivity index (χ3v) is 4.76. The van der Waals surface area contributed by atoms with Gasteiger partial charge in [0.2, 0.25) is 0 Å². The van der Waals surface area contributed by atoms with Crippen LogP contribution in [0.15, 0.2) is 24.4 Å². The van der Waals surface area contributed by atoms with Gasteiger partial charge in [-0.3, -0.25) is 5.10 Å². The smallest absolute Gasteiger partial charge is 0.350 e. The van der Waals surface area contributed by atoms with Crippen LogP contribution < -0.4 is 0 Å². The highest BCUT2D eigenvalue weighted by atomic mass is 32.1. The molecule has 1 aliphatic carbocycles. The van der Waals surface area contributed by atoms with Gasteiger partial charge in [-0.1, -0.05) is 12.1 Å². The normalized spacial score (nSPS) is 14.4. The van der Waals surface area contributed by atoms with Crippen LogP contribution in [0, 0.1) is 0 Å². The molecule has 1 N–H and O–H groups in total. The van der Waals surface area contributed by atoms with Gasteiger partial charge in [0.15, 0.2) is 0 Å². The Labute approximate surface area is 131 Å². The zero-order valence-corrected chi connectivity index (χ0v) is 12.9. The van der Waals surface area contributed by atoms with E-state index in [9.17, 15) is 4.79 Å². The molecule has 0 aliphatic heterocycles. The minimum Gasteiger partial charge on any atom is -0.462 e. The van der Waals surface area contributed by atoms with Crippen LogP contribution >= 0.6 is 11.5 Å². The maximum absolute atomic E-state index is 12.2. The lowest BCUT2D eigenvalue weighted by atomic mass is 10.00. The Balaban J connectivity index is 1.89. The number of rotatable bonds is 4. The van der Waals surface area contributed by atoms with Crippen LogP contribution in [-0.2, 0) is 4.74 Å². The van der Waals surface area contributed by atoms with Crippen LogP contribution in [0.1, 0.15) is 40.9 Å². The van der Waals surface area contributed by atoms with Crippen molar-refractivity contribution in [1.29, 1.82) is 0 Å². The molecule has 0 atom stereocenters. The summed E-state index contributed by atoms with van der Waals surface area (Å²) in [5, 5.41) is 8.12. The molecule has 22 heavy (non-hydrogen) atoms. The van der Waals surface area contributed by atoms with E-state index in [2.05, 4.69) is 14.6 Å². The van der Waals surface area contributed by atoms with Crippen molar-refractivity contribution in [3.05, 3.63) is 34.8 Å². The minimum absolute atomic E-state index is 0.257.